The number of amides is 1. The first-order valence-electron chi connectivity index (χ1n) is 7.50. The number of anilines is 1. The normalized spacial score (nSPS) is 16.3. The predicted octanol–water partition coefficient (Wildman–Crippen LogP) is 4.41. The Morgan fingerprint density at radius 3 is 2.86 bits per heavy atom. The fraction of sp³-hybridized carbons (Fsp3) is 0.278. The van der Waals surface area contributed by atoms with E-state index >= 15 is 0 Å². The van der Waals surface area contributed by atoms with Crippen LogP contribution in [0.15, 0.2) is 42.5 Å². The SMILES string of the molecule is CCCOc1ccccc1C[C@H]1C(=O)Nc2ccc(Cl)cc21. The molecule has 1 amide bonds. The maximum Gasteiger partial charge on any atom is 0.232 e. The predicted molar refractivity (Wildman–Crippen MR) is 88.8 cm³/mol. The third-order valence-corrected chi connectivity index (χ3v) is 4.06. The molecule has 114 valence electrons. The summed E-state index contributed by atoms with van der Waals surface area (Å²) in [5.41, 5.74) is 2.86. The molecule has 3 rings (SSSR count). The summed E-state index contributed by atoms with van der Waals surface area (Å²) in [6.45, 7) is 2.75. The van der Waals surface area contributed by atoms with Crippen LogP contribution in [-0.4, -0.2) is 12.5 Å². The van der Waals surface area contributed by atoms with Gasteiger partial charge in [0.1, 0.15) is 5.75 Å². The number of carbonyl (C=O) groups is 1. The summed E-state index contributed by atoms with van der Waals surface area (Å²) in [5, 5.41) is 3.57. The molecule has 1 aliphatic heterocycles. The molecule has 0 saturated carbocycles. The number of carbonyl (C=O) groups excluding carboxylic acids is 1. The van der Waals surface area contributed by atoms with Crippen LogP contribution in [0, 0.1) is 0 Å². The summed E-state index contributed by atoms with van der Waals surface area (Å²) in [5.74, 6) is 0.648. The zero-order chi connectivity index (χ0) is 15.5. The molecule has 1 atom stereocenters. The maximum absolute atomic E-state index is 12.3. The molecule has 0 radical (unpaired) electrons. The van der Waals surface area contributed by atoms with Crippen molar-refractivity contribution in [3.05, 3.63) is 58.6 Å². The van der Waals surface area contributed by atoms with E-state index in [2.05, 4.69) is 12.2 Å². The molecule has 0 aliphatic carbocycles. The van der Waals surface area contributed by atoms with Crippen molar-refractivity contribution in [3.8, 4) is 5.75 Å². The minimum absolute atomic E-state index is 0.0163. The zero-order valence-electron chi connectivity index (χ0n) is 12.4. The van der Waals surface area contributed by atoms with Crippen molar-refractivity contribution in [2.45, 2.75) is 25.7 Å². The second kappa shape index (κ2) is 6.41. The van der Waals surface area contributed by atoms with Gasteiger partial charge in [0.2, 0.25) is 5.91 Å². The quantitative estimate of drug-likeness (QED) is 0.887. The largest absolute Gasteiger partial charge is 0.493 e. The lowest BCUT2D eigenvalue weighted by molar-refractivity contribution is -0.117. The van der Waals surface area contributed by atoms with Crippen molar-refractivity contribution in [1.82, 2.24) is 0 Å². The lowest BCUT2D eigenvalue weighted by atomic mass is 9.93. The fourth-order valence-electron chi connectivity index (χ4n) is 2.74. The van der Waals surface area contributed by atoms with Gasteiger partial charge in [0.05, 0.1) is 12.5 Å². The lowest BCUT2D eigenvalue weighted by Gasteiger charge is -2.14. The first-order chi connectivity index (χ1) is 10.7. The van der Waals surface area contributed by atoms with E-state index < -0.39 is 0 Å². The third kappa shape index (κ3) is 2.95. The van der Waals surface area contributed by atoms with E-state index in [0.29, 0.717) is 18.1 Å². The Labute approximate surface area is 135 Å². The Hall–Kier alpha value is -2.00. The lowest BCUT2D eigenvalue weighted by Crippen LogP contribution is -2.15. The Kier molecular flexibility index (Phi) is 4.34. The molecular weight excluding hydrogens is 298 g/mol. The van der Waals surface area contributed by atoms with Gasteiger partial charge < -0.3 is 10.1 Å². The summed E-state index contributed by atoms with van der Waals surface area (Å²) in [6.07, 6.45) is 1.57. The molecule has 1 aliphatic rings. The first kappa shape index (κ1) is 14.9. The number of ether oxygens (including phenoxy) is 1. The van der Waals surface area contributed by atoms with Crippen molar-refractivity contribution >= 4 is 23.2 Å². The average Bonchev–Trinajstić information content (AvgIpc) is 2.82. The van der Waals surface area contributed by atoms with Gasteiger partial charge in [-0.3, -0.25) is 4.79 Å². The van der Waals surface area contributed by atoms with Crippen LogP contribution in [0.1, 0.15) is 30.4 Å². The van der Waals surface area contributed by atoms with Crippen LogP contribution in [-0.2, 0) is 11.2 Å². The van der Waals surface area contributed by atoms with Crippen molar-refractivity contribution in [1.29, 1.82) is 0 Å². The highest BCUT2D eigenvalue weighted by Gasteiger charge is 2.31. The monoisotopic (exact) mass is 315 g/mol. The first-order valence-corrected chi connectivity index (χ1v) is 7.88. The molecular formula is C18H18ClNO2. The molecule has 0 bridgehead atoms. The van der Waals surface area contributed by atoms with Gasteiger partial charge in [0.15, 0.2) is 0 Å². The molecule has 1 N–H and O–H groups in total. The van der Waals surface area contributed by atoms with Crippen LogP contribution in [0.3, 0.4) is 0 Å². The summed E-state index contributed by atoms with van der Waals surface area (Å²) in [4.78, 5) is 12.3. The smallest absolute Gasteiger partial charge is 0.232 e. The van der Waals surface area contributed by atoms with Crippen LogP contribution in [0.25, 0.3) is 0 Å². The van der Waals surface area contributed by atoms with E-state index in [-0.39, 0.29) is 11.8 Å². The van der Waals surface area contributed by atoms with Crippen LogP contribution >= 0.6 is 11.6 Å². The molecule has 0 aromatic heterocycles. The Balaban J connectivity index is 1.88. The molecule has 2 aromatic rings. The van der Waals surface area contributed by atoms with Gasteiger partial charge in [-0.2, -0.15) is 0 Å². The van der Waals surface area contributed by atoms with E-state index in [1.165, 1.54) is 0 Å². The average molecular weight is 316 g/mol. The van der Waals surface area contributed by atoms with Gasteiger partial charge in [-0.15, -0.1) is 0 Å². The second-order valence-electron chi connectivity index (χ2n) is 5.43. The van der Waals surface area contributed by atoms with Crippen LogP contribution < -0.4 is 10.1 Å². The molecule has 22 heavy (non-hydrogen) atoms. The van der Waals surface area contributed by atoms with E-state index in [1.54, 1.807) is 6.07 Å². The molecule has 0 spiro atoms. The van der Waals surface area contributed by atoms with Crippen molar-refractivity contribution in [3.63, 3.8) is 0 Å². The highest BCUT2D eigenvalue weighted by molar-refractivity contribution is 6.31. The summed E-state index contributed by atoms with van der Waals surface area (Å²) >= 11 is 6.08. The molecule has 3 nitrogen and oxygen atoms in total. The van der Waals surface area contributed by atoms with E-state index in [0.717, 1.165) is 29.0 Å². The highest BCUT2D eigenvalue weighted by Crippen LogP contribution is 2.37. The molecule has 0 fully saturated rings. The van der Waals surface area contributed by atoms with Gasteiger partial charge in [0.25, 0.3) is 0 Å². The van der Waals surface area contributed by atoms with Gasteiger partial charge >= 0.3 is 0 Å². The van der Waals surface area contributed by atoms with Gasteiger partial charge in [-0.25, -0.2) is 0 Å². The second-order valence-corrected chi connectivity index (χ2v) is 5.87. The Morgan fingerprint density at radius 2 is 2.05 bits per heavy atom. The number of fused-ring (bicyclic) bond motifs is 1. The van der Waals surface area contributed by atoms with Crippen molar-refractivity contribution in [2.75, 3.05) is 11.9 Å². The zero-order valence-corrected chi connectivity index (χ0v) is 13.2. The number of nitrogens with one attached hydrogen (secondary N) is 1. The maximum atomic E-state index is 12.3. The topological polar surface area (TPSA) is 38.3 Å². The number of benzene rings is 2. The van der Waals surface area contributed by atoms with E-state index in [9.17, 15) is 4.79 Å². The third-order valence-electron chi connectivity index (χ3n) is 3.82. The van der Waals surface area contributed by atoms with Crippen molar-refractivity contribution < 1.29 is 9.53 Å². The molecule has 1 heterocycles. The number of hydrogen-bond donors (Lipinski definition) is 1. The van der Waals surface area contributed by atoms with Gasteiger partial charge in [-0.1, -0.05) is 36.7 Å². The number of rotatable bonds is 5. The van der Waals surface area contributed by atoms with Crippen LogP contribution in [0.4, 0.5) is 5.69 Å². The summed E-state index contributed by atoms with van der Waals surface area (Å²) < 4.78 is 5.79. The van der Waals surface area contributed by atoms with Crippen LogP contribution in [0.2, 0.25) is 5.02 Å². The van der Waals surface area contributed by atoms with E-state index in [1.807, 2.05) is 36.4 Å². The Bertz CT molecular complexity index is 699. The van der Waals surface area contributed by atoms with Gasteiger partial charge in [0, 0.05) is 10.7 Å². The molecule has 0 saturated heterocycles. The molecule has 2 aromatic carbocycles. The standard InChI is InChI=1S/C18H18ClNO2/c1-2-9-22-17-6-4-3-5-12(17)10-15-14-11-13(19)7-8-16(14)20-18(15)21/h3-8,11,15H,2,9-10H2,1H3,(H,20,21)/t15-/m1/s1. The molecule has 0 unspecified atom stereocenters. The fourth-order valence-corrected chi connectivity index (χ4v) is 2.93. The highest BCUT2D eigenvalue weighted by atomic mass is 35.5. The van der Waals surface area contributed by atoms with E-state index in [4.69, 9.17) is 16.3 Å². The number of halogens is 1. The van der Waals surface area contributed by atoms with Gasteiger partial charge in [-0.05, 0) is 48.2 Å². The number of hydrogen-bond acceptors (Lipinski definition) is 2. The van der Waals surface area contributed by atoms with Crippen molar-refractivity contribution in [2.24, 2.45) is 0 Å². The Morgan fingerprint density at radius 1 is 1.23 bits per heavy atom. The summed E-state index contributed by atoms with van der Waals surface area (Å²) in [6, 6.07) is 13.4. The number of para-hydroxylation sites is 1. The molecule has 4 heteroatoms. The van der Waals surface area contributed by atoms with Crippen LogP contribution in [0.5, 0.6) is 5.75 Å². The minimum atomic E-state index is -0.222. The summed E-state index contributed by atoms with van der Waals surface area (Å²) in [7, 11) is 0. The minimum Gasteiger partial charge on any atom is -0.493 e.